The van der Waals surface area contributed by atoms with Gasteiger partial charge >= 0.3 is 0 Å². The molecule has 0 spiro atoms. The minimum Gasteiger partial charge on any atom is -0.269 e. The predicted molar refractivity (Wildman–Crippen MR) is 138 cm³/mol. The van der Waals surface area contributed by atoms with Crippen LogP contribution in [0.25, 0.3) is 0 Å². The molecule has 0 N–H and O–H groups in total. The first-order chi connectivity index (χ1) is 12.6. The summed E-state index contributed by atoms with van der Waals surface area (Å²) in [5.41, 5.74) is 3.22. The van der Waals surface area contributed by atoms with E-state index in [-0.39, 0.29) is 14.1 Å². The van der Waals surface area contributed by atoms with Crippen LogP contribution in [0.3, 0.4) is 0 Å². The van der Waals surface area contributed by atoms with Gasteiger partial charge in [0.05, 0.1) is 0 Å². The average Bonchev–Trinajstić information content (AvgIpc) is 2.60. The van der Waals surface area contributed by atoms with E-state index in [4.69, 9.17) is 34.8 Å². The normalized spacial score (nSPS) is 8.70. The summed E-state index contributed by atoms with van der Waals surface area (Å²) >= 11 is 29.7. The van der Waals surface area contributed by atoms with Gasteiger partial charge in [0.1, 0.15) is 0 Å². The minimum atomic E-state index is 0. The highest BCUT2D eigenvalue weighted by atomic mass is 35.5. The van der Waals surface area contributed by atoms with Crippen molar-refractivity contribution in [1.29, 1.82) is 0 Å². The molecule has 0 fully saturated rings. The van der Waals surface area contributed by atoms with Crippen molar-refractivity contribution < 1.29 is 14.1 Å². The molecule has 0 aliphatic rings. The molecule has 0 amide bonds. The lowest BCUT2D eigenvalue weighted by atomic mass is 10.2. The zero-order chi connectivity index (χ0) is 20.6. The van der Waals surface area contributed by atoms with Crippen LogP contribution >= 0.6 is 72.7 Å². The van der Waals surface area contributed by atoms with Crippen LogP contribution in [0.15, 0.2) is 69.3 Å². The van der Waals surface area contributed by atoms with Crippen molar-refractivity contribution in [3.05, 3.63) is 86.4 Å². The third kappa shape index (κ3) is 12.9. The molecular formula is C21H24Cl3F3S3. The fourth-order valence-electron chi connectivity index (χ4n) is 1.89. The summed E-state index contributed by atoms with van der Waals surface area (Å²) in [5.74, 6) is 0. The molecule has 0 radical (unpaired) electrons. The summed E-state index contributed by atoms with van der Waals surface area (Å²) < 4.78 is 0. The van der Waals surface area contributed by atoms with Gasteiger partial charge in [-0.05, 0) is 92.1 Å². The second-order valence-corrected chi connectivity index (χ2v) is 8.57. The van der Waals surface area contributed by atoms with E-state index in [1.54, 1.807) is 0 Å². The van der Waals surface area contributed by atoms with Gasteiger partial charge in [0, 0.05) is 29.8 Å². The topological polar surface area (TPSA) is 0 Å². The van der Waals surface area contributed by atoms with Crippen LogP contribution in [0, 0.1) is 20.8 Å². The second-order valence-electron chi connectivity index (χ2n) is 5.80. The lowest BCUT2D eigenvalue weighted by molar-refractivity contribution is 1.11. The molecule has 0 nitrogen and oxygen atoms in total. The molecule has 0 aromatic heterocycles. The lowest BCUT2D eigenvalue weighted by Crippen LogP contribution is -1.72. The molecule has 168 valence electrons. The van der Waals surface area contributed by atoms with Gasteiger partial charge in [-0.25, -0.2) is 0 Å². The Bertz CT molecular complexity index is 792. The van der Waals surface area contributed by atoms with Crippen molar-refractivity contribution in [1.82, 2.24) is 0 Å². The highest BCUT2D eigenvalue weighted by molar-refractivity contribution is 7.80. The van der Waals surface area contributed by atoms with E-state index >= 15 is 0 Å². The number of halogens is 6. The first-order valence-corrected chi connectivity index (χ1v) is 10.4. The predicted octanol–water partition coefficient (Wildman–Crippen LogP) is 9.27. The monoisotopic (exact) mass is 534 g/mol. The molecule has 9 heteroatoms. The van der Waals surface area contributed by atoms with Gasteiger partial charge in [-0.3, -0.25) is 14.1 Å². The average molecular weight is 536 g/mol. The zero-order valence-corrected chi connectivity index (χ0v) is 21.3. The first kappa shape index (κ1) is 34.0. The van der Waals surface area contributed by atoms with E-state index in [0.717, 1.165) is 46.4 Å². The van der Waals surface area contributed by atoms with Gasteiger partial charge in [0.2, 0.25) is 0 Å². The van der Waals surface area contributed by atoms with E-state index in [2.05, 4.69) is 37.9 Å². The van der Waals surface area contributed by atoms with Crippen LogP contribution in [-0.2, 0) is 0 Å². The number of benzene rings is 3. The van der Waals surface area contributed by atoms with Crippen molar-refractivity contribution in [2.45, 2.75) is 35.5 Å². The quantitative estimate of drug-likeness (QED) is 0.235. The maximum absolute atomic E-state index is 5.75. The lowest BCUT2D eigenvalue weighted by Gasteiger charge is -1.95. The van der Waals surface area contributed by atoms with Crippen molar-refractivity contribution in [2.24, 2.45) is 0 Å². The Labute approximate surface area is 207 Å². The number of thiol groups is 3. The fraction of sp³-hybridized carbons (Fsp3) is 0.143. The van der Waals surface area contributed by atoms with Crippen LogP contribution in [0.1, 0.15) is 16.7 Å². The molecule has 0 heterocycles. The van der Waals surface area contributed by atoms with Crippen LogP contribution in [-0.4, -0.2) is 0 Å². The van der Waals surface area contributed by atoms with Crippen molar-refractivity contribution >= 4 is 72.7 Å². The molecule has 3 aromatic rings. The third-order valence-electron chi connectivity index (χ3n) is 3.42. The van der Waals surface area contributed by atoms with E-state index in [1.807, 2.05) is 75.4 Å². The Kier molecular flexibility index (Phi) is 19.2. The van der Waals surface area contributed by atoms with E-state index in [1.165, 1.54) is 0 Å². The molecule has 3 aromatic carbocycles. The molecule has 3 rings (SSSR count). The van der Waals surface area contributed by atoms with Crippen LogP contribution in [0.2, 0.25) is 15.1 Å². The highest BCUT2D eigenvalue weighted by Gasteiger charge is 1.93. The third-order valence-corrected chi connectivity index (χ3v) is 5.53. The molecule has 0 saturated heterocycles. The van der Waals surface area contributed by atoms with Crippen LogP contribution < -0.4 is 0 Å². The molecule has 0 aliphatic carbocycles. The van der Waals surface area contributed by atoms with Crippen molar-refractivity contribution in [3.8, 4) is 0 Å². The van der Waals surface area contributed by atoms with Gasteiger partial charge in [0.25, 0.3) is 0 Å². The van der Waals surface area contributed by atoms with Gasteiger partial charge in [-0.15, -0.1) is 37.9 Å². The maximum Gasteiger partial charge on any atom is 0.0435 e. The fourth-order valence-corrected chi connectivity index (χ4v) is 3.04. The summed E-state index contributed by atoms with van der Waals surface area (Å²) in [6, 6.07) is 17.0. The molecule has 0 saturated carbocycles. The molecule has 0 aliphatic heterocycles. The van der Waals surface area contributed by atoms with E-state index < -0.39 is 0 Å². The van der Waals surface area contributed by atoms with E-state index in [9.17, 15) is 0 Å². The van der Waals surface area contributed by atoms with Crippen molar-refractivity contribution in [3.63, 3.8) is 0 Å². The van der Waals surface area contributed by atoms with Gasteiger partial charge in [0.15, 0.2) is 0 Å². The zero-order valence-electron chi connectivity index (χ0n) is 16.4. The molecule has 0 unspecified atom stereocenters. The van der Waals surface area contributed by atoms with Crippen LogP contribution in [0.4, 0.5) is 14.1 Å². The number of hydrogen-bond donors (Lipinski definition) is 3. The summed E-state index contributed by atoms with van der Waals surface area (Å²) in [6.07, 6.45) is 0. The summed E-state index contributed by atoms with van der Waals surface area (Å²) in [7, 11) is 0. The smallest absolute Gasteiger partial charge is 0.0435 e. The SMILES string of the molecule is Cc1cc(S)ccc1Cl.Cc1cc(S)ccc1Cl.Cc1cc(S)ccc1Cl.F.F.F. The summed E-state index contributed by atoms with van der Waals surface area (Å²) in [6.45, 7) is 5.88. The molecule has 0 bridgehead atoms. The maximum atomic E-state index is 5.75. The van der Waals surface area contributed by atoms with E-state index in [0.29, 0.717) is 0 Å². The van der Waals surface area contributed by atoms with Gasteiger partial charge < -0.3 is 0 Å². The second kappa shape index (κ2) is 17.0. The molecule has 0 atom stereocenters. The van der Waals surface area contributed by atoms with Gasteiger partial charge in [-0.2, -0.15) is 0 Å². The molecule has 30 heavy (non-hydrogen) atoms. The number of rotatable bonds is 0. The Balaban J connectivity index is -0.000000347. The highest BCUT2D eigenvalue weighted by Crippen LogP contribution is 2.19. The first-order valence-electron chi connectivity index (χ1n) is 7.95. The van der Waals surface area contributed by atoms with Gasteiger partial charge in [-0.1, -0.05) is 34.8 Å². The molecular weight excluding hydrogens is 512 g/mol. The largest absolute Gasteiger partial charge is 0.269 e. The summed E-state index contributed by atoms with van der Waals surface area (Å²) in [4.78, 5) is 2.87. The number of aryl methyl sites for hydroxylation is 3. The summed E-state index contributed by atoms with van der Waals surface area (Å²) in [5, 5.41) is 2.40. The van der Waals surface area contributed by atoms with Crippen LogP contribution in [0.5, 0.6) is 0 Å². The number of hydrogen-bond acceptors (Lipinski definition) is 3. The Morgan fingerprint density at radius 3 is 0.800 bits per heavy atom. The Hall–Kier alpha value is -0.630. The standard InChI is InChI=1S/3C7H7ClS.3FH/c3*1-5-4-6(9)2-3-7(5)8;;;/h3*2-4,9H,1H3;3*1H. The Morgan fingerprint density at radius 1 is 0.467 bits per heavy atom. The minimum absolute atomic E-state index is 0. The Morgan fingerprint density at radius 2 is 0.667 bits per heavy atom. The van der Waals surface area contributed by atoms with Crippen molar-refractivity contribution in [2.75, 3.05) is 0 Å².